The summed E-state index contributed by atoms with van der Waals surface area (Å²) in [7, 11) is 0.707. The SMILES string of the molecule is CCS(=O)(=O)NC1=Cc2c3c(oc2=CC=C1)=CC=C(N(C)C)C3. The number of hydrogen-bond donors (Lipinski definition) is 1. The highest BCUT2D eigenvalue weighted by atomic mass is 32.2. The van der Waals surface area contributed by atoms with Gasteiger partial charge in [-0.15, -0.1) is 0 Å². The van der Waals surface area contributed by atoms with Crippen LogP contribution in [0.2, 0.25) is 0 Å². The van der Waals surface area contributed by atoms with Gasteiger partial charge in [-0.25, -0.2) is 8.42 Å². The number of fused-ring (bicyclic) bond motifs is 3. The van der Waals surface area contributed by atoms with Crippen molar-refractivity contribution in [3.63, 3.8) is 0 Å². The van der Waals surface area contributed by atoms with Gasteiger partial charge in [0.25, 0.3) is 0 Å². The van der Waals surface area contributed by atoms with E-state index in [1.165, 1.54) is 5.70 Å². The zero-order chi connectivity index (χ0) is 16.6. The van der Waals surface area contributed by atoms with Crippen molar-refractivity contribution in [1.29, 1.82) is 0 Å². The van der Waals surface area contributed by atoms with Crippen molar-refractivity contribution >= 4 is 28.3 Å². The number of hydrogen-bond acceptors (Lipinski definition) is 4. The molecule has 5 nitrogen and oxygen atoms in total. The van der Waals surface area contributed by atoms with Gasteiger partial charge in [0.1, 0.15) is 10.8 Å². The number of sulfonamides is 1. The Labute approximate surface area is 136 Å². The Kier molecular flexibility index (Phi) is 3.93. The van der Waals surface area contributed by atoms with Crippen LogP contribution in [0.3, 0.4) is 0 Å². The number of nitrogens with zero attached hydrogens (tertiary/aromatic N) is 1. The molecule has 23 heavy (non-hydrogen) atoms. The molecule has 0 spiro atoms. The van der Waals surface area contributed by atoms with E-state index < -0.39 is 10.0 Å². The van der Waals surface area contributed by atoms with Gasteiger partial charge >= 0.3 is 0 Å². The smallest absolute Gasteiger partial charge is 0.232 e. The summed E-state index contributed by atoms with van der Waals surface area (Å²) in [5.74, 6) is 0.0412. The monoisotopic (exact) mass is 332 g/mol. The van der Waals surface area contributed by atoms with Crippen molar-refractivity contribution in [2.75, 3.05) is 19.8 Å². The highest BCUT2D eigenvalue weighted by Gasteiger charge is 2.18. The number of allylic oxidation sites excluding steroid dienone is 4. The molecule has 3 rings (SSSR count). The Morgan fingerprint density at radius 3 is 2.70 bits per heavy atom. The summed E-state index contributed by atoms with van der Waals surface area (Å²) >= 11 is 0. The molecule has 1 aromatic heterocycles. The number of furan rings is 1. The van der Waals surface area contributed by atoms with E-state index in [4.69, 9.17) is 4.42 Å². The first-order valence-corrected chi connectivity index (χ1v) is 9.15. The first-order chi connectivity index (χ1) is 10.9. The van der Waals surface area contributed by atoms with Crippen molar-refractivity contribution in [3.05, 3.63) is 51.6 Å². The summed E-state index contributed by atoms with van der Waals surface area (Å²) < 4.78 is 32.1. The fourth-order valence-corrected chi connectivity index (χ4v) is 3.22. The molecule has 122 valence electrons. The second-order valence-electron chi connectivity index (χ2n) is 5.75. The van der Waals surface area contributed by atoms with Crippen molar-refractivity contribution in [2.45, 2.75) is 13.3 Å². The molecule has 1 N–H and O–H groups in total. The molecular formula is C17H20N2O3S. The summed E-state index contributed by atoms with van der Waals surface area (Å²) in [6, 6.07) is 0. The lowest BCUT2D eigenvalue weighted by Crippen LogP contribution is -2.24. The molecule has 0 atom stereocenters. The molecule has 0 fully saturated rings. The predicted octanol–water partition coefficient (Wildman–Crippen LogP) is 0.692. The van der Waals surface area contributed by atoms with E-state index in [2.05, 4.69) is 9.62 Å². The third-order valence-corrected chi connectivity index (χ3v) is 5.25. The van der Waals surface area contributed by atoms with Crippen LogP contribution in [0.25, 0.3) is 18.2 Å². The minimum Gasteiger partial charge on any atom is -0.456 e. The van der Waals surface area contributed by atoms with Gasteiger partial charge in [-0.1, -0.05) is 6.08 Å². The van der Waals surface area contributed by atoms with Crippen molar-refractivity contribution in [3.8, 4) is 0 Å². The van der Waals surface area contributed by atoms with Crippen LogP contribution in [0.4, 0.5) is 0 Å². The standard InChI is InChI=1S/C17H20N2O3S/c1-4-23(20,21)18-12-6-5-7-16-14(10-12)15-11-13(19(2)3)8-9-17(15)22-16/h5-10,18H,4,11H2,1-3H3. The Balaban J connectivity index is 2.06. The Morgan fingerprint density at radius 2 is 2.00 bits per heavy atom. The van der Waals surface area contributed by atoms with E-state index in [1.54, 1.807) is 19.1 Å². The Morgan fingerprint density at radius 1 is 1.22 bits per heavy atom. The number of rotatable bonds is 4. The van der Waals surface area contributed by atoms with Crippen LogP contribution in [-0.2, 0) is 16.4 Å². The molecule has 0 unspecified atom stereocenters. The van der Waals surface area contributed by atoms with Crippen LogP contribution in [0.5, 0.6) is 0 Å². The average molecular weight is 332 g/mol. The summed E-state index contributed by atoms with van der Waals surface area (Å²) in [5.41, 5.74) is 5.33. The molecule has 6 heteroatoms. The minimum absolute atomic E-state index is 0.0412. The zero-order valence-electron chi connectivity index (χ0n) is 13.5. The van der Waals surface area contributed by atoms with E-state index in [9.17, 15) is 8.42 Å². The Bertz CT molecular complexity index is 945. The van der Waals surface area contributed by atoms with Crippen LogP contribution in [-0.4, -0.2) is 33.2 Å². The molecule has 1 heterocycles. The third kappa shape index (κ3) is 3.12. The normalized spacial score (nSPS) is 16.1. The van der Waals surface area contributed by atoms with Gasteiger partial charge < -0.3 is 9.32 Å². The number of nitrogens with one attached hydrogen (secondary N) is 1. The van der Waals surface area contributed by atoms with Crippen molar-refractivity contribution in [1.82, 2.24) is 9.62 Å². The van der Waals surface area contributed by atoms with Gasteiger partial charge in [-0.05, 0) is 37.3 Å². The third-order valence-electron chi connectivity index (χ3n) is 3.94. The predicted molar refractivity (Wildman–Crippen MR) is 92.1 cm³/mol. The maximum Gasteiger partial charge on any atom is 0.232 e. The largest absolute Gasteiger partial charge is 0.456 e. The van der Waals surface area contributed by atoms with Gasteiger partial charge in [-0.2, -0.15) is 0 Å². The van der Waals surface area contributed by atoms with Crippen molar-refractivity contribution < 1.29 is 12.8 Å². The first kappa shape index (κ1) is 15.7. The van der Waals surface area contributed by atoms with Crippen LogP contribution < -0.4 is 15.6 Å². The van der Waals surface area contributed by atoms with E-state index in [-0.39, 0.29) is 5.75 Å². The molecule has 0 amide bonds. The van der Waals surface area contributed by atoms with Gasteiger partial charge in [-0.3, -0.25) is 4.72 Å². The van der Waals surface area contributed by atoms with Crippen molar-refractivity contribution in [2.24, 2.45) is 0 Å². The van der Waals surface area contributed by atoms with E-state index in [1.807, 2.05) is 38.4 Å². The second-order valence-corrected chi connectivity index (χ2v) is 7.76. The van der Waals surface area contributed by atoms with Crippen LogP contribution in [0.1, 0.15) is 18.1 Å². The summed E-state index contributed by atoms with van der Waals surface area (Å²) in [6.07, 6.45) is 12.0. The fourth-order valence-electron chi connectivity index (χ4n) is 2.59. The van der Waals surface area contributed by atoms with Gasteiger partial charge in [0.15, 0.2) is 0 Å². The average Bonchev–Trinajstić information content (AvgIpc) is 2.71. The molecule has 0 aromatic carbocycles. The maximum absolute atomic E-state index is 11.8. The summed E-state index contributed by atoms with van der Waals surface area (Å²) in [6.45, 7) is 1.61. The van der Waals surface area contributed by atoms with Crippen LogP contribution in [0, 0.1) is 0 Å². The zero-order valence-corrected chi connectivity index (χ0v) is 14.3. The minimum atomic E-state index is -3.31. The molecule has 2 aliphatic carbocycles. The van der Waals surface area contributed by atoms with Gasteiger partial charge in [0.2, 0.25) is 10.0 Å². The molecular weight excluding hydrogens is 312 g/mol. The molecule has 0 aliphatic heterocycles. The van der Waals surface area contributed by atoms with E-state index in [0.717, 1.165) is 28.4 Å². The topological polar surface area (TPSA) is 62.6 Å². The quantitative estimate of drug-likeness (QED) is 0.881. The molecule has 0 radical (unpaired) electrons. The Hall–Kier alpha value is -2.21. The second kappa shape index (κ2) is 5.77. The van der Waals surface area contributed by atoms with Gasteiger partial charge in [0, 0.05) is 43.0 Å². The summed E-state index contributed by atoms with van der Waals surface area (Å²) in [4.78, 5) is 2.07. The molecule has 0 saturated heterocycles. The lowest BCUT2D eigenvalue weighted by Gasteiger charge is -2.18. The van der Waals surface area contributed by atoms with Crippen LogP contribution in [0.15, 0.2) is 34.0 Å². The number of likely N-dealkylation sites (N-methyl/N-ethyl adjacent to an activating group) is 1. The fraction of sp³-hybridized carbons (Fsp3) is 0.294. The molecule has 2 aliphatic rings. The maximum atomic E-state index is 11.8. The first-order valence-electron chi connectivity index (χ1n) is 7.50. The lowest BCUT2D eigenvalue weighted by atomic mass is 10.0. The van der Waals surface area contributed by atoms with Gasteiger partial charge in [0.05, 0.1) is 5.75 Å². The highest BCUT2D eigenvalue weighted by molar-refractivity contribution is 7.89. The molecule has 0 saturated carbocycles. The summed E-state index contributed by atoms with van der Waals surface area (Å²) in [5, 5.41) is 0. The van der Waals surface area contributed by atoms with E-state index >= 15 is 0 Å². The molecule has 1 aromatic rings. The van der Waals surface area contributed by atoms with Crippen LogP contribution >= 0.6 is 0 Å². The van der Waals surface area contributed by atoms with E-state index in [0.29, 0.717) is 5.70 Å². The molecule has 0 bridgehead atoms. The lowest BCUT2D eigenvalue weighted by molar-refractivity contribution is 0.480. The highest BCUT2D eigenvalue weighted by Crippen LogP contribution is 2.17.